The summed E-state index contributed by atoms with van der Waals surface area (Å²) in [5.41, 5.74) is 1.60. The zero-order valence-corrected chi connectivity index (χ0v) is 10.4. The van der Waals surface area contributed by atoms with Crippen molar-refractivity contribution in [1.82, 2.24) is 9.88 Å². The van der Waals surface area contributed by atoms with E-state index in [1.807, 2.05) is 0 Å². The van der Waals surface area contributed by atoms with Crippen LogP contribution in [-0.2, 0) is 0 Å². The molecule has 0 aliphatic carbocycles. The molecule has 0 unspecified atom stereocenters. The summed E-state index contributed by atoms with van der Waals surface area (Å²) >= 11 is 0. The summed E-state index contributed by atoms with van der Waals surface area (Å²) in [6.45, 7) is 4.66. The number of aliphatic hydroxyl groups excluding tert-OH is 1. The lowest BCUT2D eigenvalue weighted by atomic mass is 10.2. The van der Waals surface area contributed by atoms with Crippen LogP contribution in [0.3, 0.4) is 0 Å². The predicted octanol–water partition coefficient (Wildman–Crippen LogP) is 0.458. The first-order valence-electron chi connectivity index (χ1n) is 6.27. The van der Waals surface area contributed by atoms with Gasteiger partial charge >= 0.3 is 0 Å². The fourth-order valence-corrected chi connectivity index (χ4v) is 2.31. The van der Waals surface area contributed by atoms with E-state index in [9.17, 15) is 0 Å². The van der Waals surface area contributed by atoms with E-state index in [1.165, 1.54) is 0 Å². The minimum absolute atomic E-state index is 0.205. The lowest BCUT2D eigenvalue weighted by molar-refractivity contribution is 0.204. The van der Waals surface area contributed by atoms with Crippen LogP contribution in [-0.4, -0.2) is 54.3 Å². The standard InChI is InChI=1S/C13H18N4O/c14-10-12-2-3-15-11-13(12)17-5-1-4-16(6-7-17)8-9-18/h2-3,11,18H,1,4-9H2. The highest BCUT2D eigenvalue weighted by molar-refractivity contribution is 5.57. The molecule has 1 N–H and O–H groups in total. The van der Waals surface area contributed by atoms with Gasteiger partial charge in [-0.3, -0.25) is 9.88 Å². The third kappa shape index (κ3) is 2.97. The summed E-state index contributed by atoms with van der Waals surface area (Å²) in [4.78, 5) is 8.57. The average molecular weight is 246 g/mol. The zero-order valence-electron chi connectivity index (χ0n) is 10.4. The number of nitriles is 1. The Balaban J connectivity index is 2.08. The largest absolute Gasteiger partial charge is 0.395 e. The van der Waals surface area contributed by atoms with Crippen LogP contribution in [0.15, 0.2) is 18.5 Å². The van der Waals surface area contributed by atoms with E-state index in [-0.39, 0.29) is 6.61 Å². The molecule has 18 heavy (non-hydrogen) atoms. The van der Waals surface area contributed by atoms with E-state index >= 15 is 0 Å². The lowest BCUT2D eigenvalue weighted by Crippen LogP contribution is -2.32. The maximum atomic E-state index is 9.11. The first kappa shape index (κ1) is 12.8. The van der Waals surface area contributed by atoms with Gasteiger partial charge in [-0.2, -0.15) is 5.26 Å². The van der Waals surface area contributed by atoms with Gasteiger partial charge in [0.15, 0.2) is 0 Å². The van der Waals surface area contributed by atoms with Crippen LogP contribution in [0.4, 0.5) is 5.69 Å². The van der Waals surface area contributed by atoms with Crippen LogP contribution in [0.2, 0.25) is 0 Å². The summed E-state index contributed by atoms with van der Waals surface area (Å²) in [7, 11) is 0. The van der Waals surface area contributed by atoms with E-state index in [4.69, 9.17) is 10.4 Å². The van der Waals surface area contributed by atoms with E-state index < -0.39 is 0 Å². The number of hydrogen-bond acceptors (Lipinski definition) is 5. The second-order valence-electron chi connectivity index (χ2n) is 4.41. The van der Waals surface area contributed by atoms with Gasteiger partial charge in [-0.05, 0) is 19.0 Å². The van der Waals surface area contributed by atoms with Gasteiger partial charge in [0.1, 0.15) is 6.07 Å². The Bertz CT molecular complexity index is 429. The maximum Gasteiger partial charge on any atom is 0.101 e. The highest BCUT2D eigenvalue weighted by Gasteiger charge is 2.16. The van der Waals surface area contributed by atoms with E-state index in [0.29, 0.717) is 5.56 Å². The summed E-state index contributed by atoms with van der Waals surface area (Å²) in [6, 6.07) is 3.97. The van der Waals surface area contributed by atoms with Crippen LogP contribution >= 0.6 is 0 Å². The molecule has 1 aromatic heterocycles. The molecule has 0 saturated carbocycles. The van der Waals surface area contributed by atoms with Gasteiger partial charge in [0.25, 0.3) is 0 Å². The van der Waals surface area contributed by atoms with Crippen molar-refractivity contribution in [3.8, 4) is 6.07 Å². The number of nitrogens with zero attached hydrogens (tertiary/aromatic N) is 4. The molecule has 1 saturated heterocycles. The minimum atomic E-state index is 0.205. The Labute approximate surface area is 107 Å². The van der Waals surface area contributed by atoms with Gasteiger partial charge in [0.2, 0.25) is 0 Å². The molecule has 0 atom stereocenters. The fourth-order valence-electron chi connectivity index (χ4n) is 2.31. The number of anilines is 1. The molecule has 2 rings (SSSR count). The molecule has 5 nitrogen and oxygen atoms in total. The molecule has 0 radical (unpaired) electrons. The lowest BCUT2D eigenvalue weighted by Gasteiger charge is -2.23. The number of pyridine rings is 1. The Hall–Kier alpha value is -1.64. The first-order chi connectivity index (χ1) is 8.85. The van der Waals surface area contributed by atoms with Gasteiger partial charge in [-0.25, -0.2) is 0 Å². The number of hydrogen-bond donors (Lipinski definition) is 1. The number of rotatable bonds is 3. The Morgan fingerprint density at radius 1 is 1.33 bits per heavy atom. The van der Waals surface area contributed by atoms with Gasteiger partial charge in [0.05, 0.1) is 24.1 Å². The van der Waals surface area contributed by atoms with E-state index in [0.717, 1.165) is 44.8 Å². The molecule has 2 heterocycles. The zero-order chi connectivity index (χ0) is 12.8. The number of aromatic nitrogens is 1. The maximum absolute atomic E-state index is 9.11. The molecule has 0 aromatic carbocycles. The van der Waals surface area contributed by atoms with Crippen molar-refractivity contribution in [1.29, 1.82) is 5.26 Å². The fraction of sp³-hybridized carbons (Fsp3) is 0.538. The third-order valence-electron chi connectivity index (χ3n) is 3.27. The van der Waals surface area contributed by atoms with Gasteiger partial charge < -0.3 is 10.0 Å². The second-order valence-corrected chi connectivity index (χ2v) is 4.41. The molecule has 0 bridgehead atoms. The molecule has 1 aliphatic rings. The Morgan fingerprint density at radius 3 is 3.00 bits per heavy atom. The van der Waals surface area contributed by atoms with E-state index in [1.54, 1.807) is 18.5 Å². The van der Waals surface area contributed by atoms with Crippen molar-refractivity contribution in [2.45, 2.75) is 6.42 Å². The Kier molecular flexibility index (Phi) is 4.51. The topological polar surface area (TPSA) is 63.4 Å². The molecule has 0 amide bonds. The predicted molar refractivity (Wildman–Crippen MR) is 69.3 cm³/mol. The molecular formula is C13H18N4O. The molecule has 1 fully saturated rings. The van der Waals surface area contributed by atoms with Crippen molar-refractivity contribution in [2.75, 3.05) is 44.2 Å². The smallest absolute Gasteiger partial charge is 0.101 e. The van der Waals surface area contributed by atoms with Gasteiger partial charge in [-0.1, -0.05) is 0 Å². The van der Waals surface area contributed by atoms with Gasteiger partial charge in [-0.15, -0.1) is 0 Å². The van der Waals surface area contributed by atoms with Crippen LogP contribution < -0.4 is 4.90 Å². The van der Waals surface area contributed by atoms with Crippen molar-refractivity contribution in [2.24, 2.45) is 0 Å². The monoisotopic (exact) mass is 246 g/mol. The third-order valence-corrected chi connectivity index (χ3v) is 3.27. The van der Waals surface area contributed by atoms with Crippen molar-refractivity contribution >= 4 is 5.69 Å². The highest BCUT2D eigenvalue weighted by Crippen LogP contribution is 2.19. The molecule has 1 aliphatic heterocycles. The van der Waals surface area contributed by atoms with Crippen LogP contribution in [0.5, 0.6) is 0 Å². The SMILES string of the molecule is N#Cc1ccncc1N1CCCN(CCO)CC1. The molecule has 1 aromatic rings. The minimum Gasteiger partial charge on any atom is -0.395 e. The van der Waals surface area contributed by atoms with Crippen LogP contribution in [0, 0.1) is 11.3 Å². The summed E-state index contributed by atoms with van der Waals surface area (Å²) in [5.74, 6) is 0. The van der Waals surface area contributed by atoms with Crippen molar-refractivity contribution in [3.05, 3.63) is 24.0 Å². The van der Waals surface area contributed by atoms with Crippen molar-refractivity contribution < 1.29 is 5.11 Å². The molecule has 5 heteroatoms. The molecule has 96 valence electrons. The summed E-state index contributed by atoms with van der Waals surface area (Å²) in [5, 5.41) is 18.1. The Morgan fingerprint density at radius 2 is 2.22 bits per heavy atom. The van der Waals surface area contributed by atoms with Gasteiger partial charge in [0, 0.05) is 32.4 Å². The molecule has 0 spiro atoms. The van der Waals surface area contributed by atoms with Crippen molar-refractivity contribution in [3.63, 3.8) is 0 Å². The normalized spacial score (nSPS) is 17.2. The first-order valence-corrected chi connectivity index (χ1v) is 6.27. The summed E-state index contributed by atoms with van der Waals surface area (Å²) < 4.78 is 0. The van der Waals surface area contributed by atoms with Crippen LogP contribution in [0.25, 0.3) is 0 Å². The molecular weight excluding hydrogens is 228 g/mol. The number of aliphatic hydroxyl groups is 1. The van der Waals surface area contributed by atoms with E-state index in [2.05, 4.69) is 20.9 Å². The average Bonchev–Trinajstić information content (AvgIpc) is 2.65. The second kappa shape index (κ2) is 6.34. The quantitative estimate of drug-likeness (QED) is 0.839. The highest BCUT2D eigenvalue weighted by atomic mass is 16.3. The number of β-amino-alcohol motifs (C(OH)–C–C–N with tert-alkyl or cyclic N) is 1. The summed E-state index contributed by atoms with van der Waals surface area (Å²) in [6.07, 6.45) is 4.46. The van der Waals surface area contributed by atoms with Crippen LogP contribution in [0.1, 0.15) is 12.0 Å².